The molecule has 1 aliphatic rings. The molecule has 0 radical (unpaired) electrons. The third-order valence-electron chi connectivity index (χ3n) is 3.50. The van der Waals surface area contributed by atoms with E-state index in [1.54, 1.807) is 0 Å². The van der Waals surface area contributed by atoms with Gasteiger partial charge in [0.2, 0.25) is 0 Å². The molecular formula is C14H21NO2. The quantitative estimate of drug-likeness (QED) is 0.819. The molecule has 1 aromatic carbocycles. The minimum absolute atomic E-state index is 0.223. The first-order valence-electron chi connectivity index (χ1n) is 6.27. The van der Waals surface area contributed by atoms with E-state index in [4.69, 9.17) is 15.2 Å². The Morgan fingerprint density at radius 3 is 2.71 bits per heavy atom. The van der Waals surface area contributed by atoms with Crippen molar-refractivity contribution in [3.05, 3.63) is 23.8 Å². The topological polar surface area (TPSA) is 44.5 Å². The van der Waals surface area contributed by atoms with E-state index in [1.807, 2.05) is 25.1 Å². The largest absolute Gasteiger partial charge is 0.490 e. The van der Waals surface area contributed by atoms with Gasteiger partial charge in [0.1, 0.15) is 5.75 Å². The van der Waals surface area contributed by atoms with Gasteiger partial charge in [0.25, 0.3) is 0 Å². The fourth-order valence-electron chi connectivity index (χ4n) is 2.19. The third-order valence-corrected chi connectivity index (χ3v) is 3.50. The Hall–Kier alpha value is -1.22. The van der Waals surface area contributed by atoms with Gasteiger partial charge >= 0.3 is 0 Å². The van der Waals surface area contributed by atoms with Crippen molar-refractivity contribution in [1.82, 2.24) is 0 Å². The Kier molecular flexibility index (Phi) is 3.89. The predicted molar refractivity (Wildman–Crippen MR) is 69.2 cm³/mol. The average molecular weight is 235 g/mol. The highest BCUT2D eigenvalue weighted by molar-refractivity contribution is 5.50. The molecule has 2 rings (SSSR count). The van der Waals surface area contributed by atoms with E-state index < -0.39 is 0 Å². The van der Waals surface area contributed by atoms with Crippen LogP contribution in [0.2, 0.25) is 0 Å². The van der Waals surface area contributed by atoms with Gasteiger partial charge in [-0.3, -0.25) is 0 Å². The van der Waals surface area contributed by atoms with Gasteiger partial charge in [-0.05, 0) is 44.2 Å². The zero-order valence-corrected chi connectivity index (χ0v) is 10.6. The van der Waals surface area contributed by atoms with Crippen molar-refractivity contribution < 1.29 is 9.47 Å². The van der Waals surface area contributed by atoms with Crippen molar-refractivity contribution in [2.24, 2.45) is 5.92 Å². The molecule has 2 N–H and O–H groups in total. The number of nitrogens with two attached hydrogens (primary N) is 1. The van der Waals surface area contributed by atoms with E-state index in [0.717, 1.165) is 43.1 Å². The van der Waals surface area contributed by atoms with Crippen molar-refractivity contribution in [3.8, 4) is 5.75 Å². The molecule has 0 amide bonds. The number of nitrogen functional groups attached to an aromatic ring is 1. The van der Waals surface area contributed by atoms with Gasteiger partial charge in [-0.2, -0.15) is 0 Å². The number of hydrogen-bond acceptors (Lipinski definition) is 3. The van der Waals surface area contributed by atoms with E-state index in [1.165, 1.54) is 0 Å². The lowest BCUT2D eigenvalue weighted by Crippen LogP contribution is -2.29. The molecule has 1 atom stereocenters. The number of ether oxygens (including phenoxy) is 2. The molecule has 0 aromatic heterocycles. The molecule has 0 saturated carbocycles. The first-order chi connectivity index (χ1) is 8.16. The molecule has 1 unspecified atom stereocenters. The summed E-state index contributed by atoms with van der Waals surface area (Å²) >= 11 is 0. The minimum atomic E-state index is 0.223. The molecule has 94 valence electrons. The molecule has 0 bridgehead atoms. The van der Waals surface area contributed by atoms with Crippen LogP contribution in [0.15, 0.2) is 18.2 Å². The lowest BCUT2D eigenvalue weighted by atomic mass is 9.95. The second kappa shape index (κ2) is 5.41. The maximum absolute atomic E-state index is 5.95. The first-order valence-corrected chi connectivity index (χ1v) is 6.27. The molecule has 3 nitrogen and oxygen atoms in total. The molecule has 3 heteroatoms. The van der Waals surface area contributed by atoms with E-state index in [-0.39, 0.29) is 6.10 Å². The van der Waals surface area contributed by atoms with Gasteiger partial charge in [0.15, 0.2) is 0 Å². The zero-order chi connectivity index (χ0) is 12.3. The van der Waals surface area contributed by atoms with Crippen LogP contribution in [-0.4, -0.2) is 19.3 Å². The summed E-state index contributed by atoms with van der Waals surface area (Å²) in [6, 6.07) is 5.90. The van der Waals surface area contributed by atoms with Crippen LogP contribution < -0.4 is 10.5 Å². The van der Waals surface area contributed by atoms with Crippen LogP contribution in [0.5, 0.6) is 5.75 Å². The minimum Gasteiger partial charge on any atom is -0.490 e. The van der Waals surface area contributed by atoms with Crippen LogP contribution >= 0.6 is 0 Å². The third kappa shape index (κ3) is 3.13. The van der Waals surface area contributed by atoms with Gasteiger partial charge in [-0.25, -0.2) is 0 Å². The standard InChI is InChI=1S/C14H21NO2/c1-10-3-4-13(9-14(10)15)17-11(2)12-5-7-16-8-6-12/h3-4,9,11-12H,5-8,15H2,1-2H3. The molecule has 0 spiro atoms. The maximum atomic E-state index is 5.95. The summed E-state index contributed by atoms with van der Waals surface area (Å²) in [5, 5.41) is 0. The zero-order valence-electron chi connectivity index (χ0n) is 10.6. The second-order valence-electron chi connectivity index (χ2n) is 4.79. The average Bonchev–Trinajstić information content (AvgIpc) is 2.35. The Morgan fingerprint density at radius 2 is 2.06 bits per heavy atom. The van der Waals surface area contributed by atoms with Crippen molar-refractivity contribution in [2.45, 2.75) is 32.8 Å². The van der Waals surface area contributed by atoms with Gasteiger partial charge in [0, 0.05) is 25.0 Å². The van der Waals surface area contributed by atoms with Gasteiger partial charge in [0.05, 0.1) is 6.10 Å². The highest BCUT2D eigenvalue weighted by Gasteiger charge is 2.21. The molecule has 1 aliphatic heterocycles. The summed E-state index contributed by atoms with van der Waals surface area (Å²) in [7, 11) is 0. The highest BCUT2D eigenvalue weighted by Crippen LogP contribution is 2.25. The monoisotopic (exact) mass is 235 g/mol. The van der Waals surface area contributed by atoms with Crippen LogP contribution in [0.1, 0.15) is 25.3 Å². The van der Waals surface area contributed by atoms with Crippen molar-refractivity contribution >= 4 is 5.69 Å². The summed E-state index contributed by atoms with van der Waals surface area (Å²) in [6.07, 6.45) is 2.39. The lowest BCUT2D eigenvalue weighted by molar-refractivity contribution is 0.0239. The summed E-state index contributed by atoms with van der Waals surface area (Å²) in [5.74, 6) is 1.46. The van der Waals surface area contributed by atoms with E-state index >= 15 is 0 Å². The summed E-state index contributed by atoms with van der Waals surface area (Å²) < 4.78 is 11.3. The smallest absolute Gasteiger partial charge is 0.121 e. The number of hydrogen-bond donors (Lipinski definition) is 1. The van der Waals surface area contributed by atoms with Crippen molar-refractivity contribution in [3.63, 3.8) is 0 Å². The number of anilines is 1. The highest BCUT2D eigenvalue weighted by atomic mass is 16.5. The van der Waals surface area contributed by atoms with E-state index in [2.05, 4.69) is 6.92 Å². The Bertz CT molecular complexity index is 372. The number of aryl methyl sites for hydroxylation is 1. The second-order valence-corrected chi connectivity index (χ2v) is 4.79. The fraction of sp³-hybridized carbons (Fsp3) is 0.571. The lowest BCUT2D eigenvalue weighted by Gasteiger charge is -2.28. The first kappa shape index (κ1) is 12.2. The normalized spacial score (nSPS) is 18.9. The number of rotatable bonds is 3. The van der Waals surface area contributed by atoms with E-state index in [0.29, 0.717) is 5.92 Å². The van der Waals surface area contributed by atoms with Crippen LogP contribution in [0.3, 0.4) is 0 Å². The maximum Gasteiger partial charge on any atom is 0.121 e. The molecule has 1 fully saturated rings. The van der Waals surface area contributed by atoms with E-state index in [9.17, 15) is 0 Å². The Balaban J connectivity index is 1.96. The van der Waals surface area contributed by atoms with Crippen LogP contribution in [0.4, 0.5) is 5.69 Å². The molecular weight excluding hydrogens is 214 g/mol. The molecule has 0 aliphatic carbocycles. The molecule has 17 heavy (non-hydrogen) atoms. The SMILES string of the molecule is Cc1ccc(OC(C)C2CCOCC2)cc1N. The molecule has 1 saturated heterocycles. The fourth-order valence-corrected chi connectivity index (χ4v) is 2.19. The van der Waals surface area contributed by atoms with Gasteiger partial charge < -0.3 is 15.2 Å². The van der Waals surface area contributed by atoms with Crippen LogP contribution in [0.25, 0.3) is 0 Å². The Labute approximate surface area is 103 Å². The number of benzene rings is 1. The van der Waals surface area contributed by atoms with Crippen LogP contribution in [-0.2, 0) is 4.74 Å². The van der Waals surface area contributed by atoms with Crippen molar-refractivity contribution in [2.75, 3.05) is 18.9 Å². The summed E-state index contributed by atoms with van der Waals surface area (Å²) in [5.41, 5.74) is 7.76. The van der Waals surface area contributed by atoms with Crippen molar-refractivity contribution in [1.29, 1.82) is 0 Å². The molecule has 1 aromatic rings. The summed E-state index contributed by atoms with van der Waals surface area (Å²) in [4.78, 5) is 0. The Morgan fingerprint density at radius 1 is 1.35 bits per heavy atom. The van der Waals surface area contributed by atoms with Gasteiger partial charge in [-0.1, -0.05) is 6.07 Å². The van der Waals surface area contributed by atoms with Crippen LogP contribution in [0, 0.1) is 12.8 Å². The predicted octanol–water partition coefficient (Wildman–Crippen LogP) is 2.77. The molecule has 1 heterocycles. The van der Waals surface area contributed by atoms with Gasteiger partial charge in [-0.15, -0.1) is 0 Å². The summed E-state index contributed by atoms with van der Waals surface area (Å²) in [6.45, 7) is 5.84.